The van der Waals surface area contributed by atoms with Gasteiger partial charge in [0.2, 0.25) is 0 Å². The maximum Gasteiger partial charge on any atom is 0.278 e. The minimum Gasteiger partial charge on any atom is -0.504 e. The van der Waals surface area contributed by atoms with Crippen LogP contribution in [0.5, 0.6) is 5.75 Å². The van der Waals surface area contributed by atoms with Crippen LogP contribution >= 0.6 is 0 Å². The third kappa shape index (κ3) is 3.73. The first-order valence-electron chi connectivity index (χ1n) is 8.90. The number of hydrogen-bond donors (Lipinski definition) is 1. The molecule has 0 aliphatic carbocycles. The van der Waals surface area contributed by atoms with Gasteiger partial charge in [-0.25, -0.2) is 4.68 Å². The molecule has 1 fully saturated rings. The Morgan fingerprint density at radius 2 is 2.23 bits per heavy atom. The second kappa shape index (κ2) is 8.33. The van der Waals surface area contributed by atoms with Crippen LogP contribution in [0.4, 0.5) is 0 Å². The Labute approximate surface area is 153 Å². The van der Waals surface area contributed by atoms with E-state index in [2.05, 4.69) is 12.0 Å². The molecule has 7 heteroatoms. The quantitative estimate of drug-likeness (QED) is 0.854. The number of benzene rings is 1. The van der Waals surface area contributed by atoms with Crippen molar-refractivity contribution in [3.05, 3.63) is 41.7 Å². The van der Waals surface area contributed by atoms with Crippen LogP contribution in [0.2, 0.25) is 0 Å². The summed E-state index contributed by atoms with van der Waals surface area (Å²) in [5.74, 6) is -0.391. The van der Waals surface area contributed by atoms with E-state index >= 15 is 0 Å². The average molecular weight is 359 g/mol. The summed E-state index contributed by atoms with van der Waals surface area (Å²) in [4.78, 5) is 14.7. The molecule has 1 aromatic heterocycles. The van der Waals surface area contributed by atoms with Gasteiger partial charge in [0.15, 0.2) is 11.4 Å². The van der Waals surface area contributed by atoms with Crippen LogP contribution < -0.4 is 0 Å². The van der Waals surface area contributed by atoms with Crippen molar-refractivity contribution >= 4 is 5.91 Å². The van der Waals surface area contributed by atoms with Crippen LogP contribution in [0.1, 0.15) is 29.4 Å². The molecular formula is C19H25N3O4. The molecule has 1 aliphatic rings. The maximum atomic E-state index is 13.0. The van der Waals surface area contributed by atoms with E-state index in [0.29, 0.717) is 32.8 Å². The highest BCUT2D eigenvalue weighted by molar-refractivity contribution is 5.95. The van der Waals surface area contributed by atoms with Gasteiger partial charge >= 0.3 is 0 Å². The van der Waals surface area contributed by atoms with Crippen LogP contribution in [0.25, 0.3) is 5.69 Å². The molecule has 26 heavy (non-hydrogen) atoms. The Morgan fingerprint density at radius 3 is 3.00 bits per heavy atom. The van der Waals surface area contributed by atoms with Gasteiger partial charge in [0.25, 0.3) is 5.91 Å². The van der Waals surface area contributed by atoms with Crippen molar-refractivity contribution in [1.29, 1.82) is 0 Å². The highest BCUT2D eigenvalue weighted by Gasteiger charge is 2.31. The fourth-order valence-corrected chi connectivity index (χ4v) is 3.23. The van der Waals surface area contributed by atoms with E-state index in [1.807, 2.05) is 24.3 Å². The maximum absolute atomic E-state index is 13.0. The van der Waals surface area contributed by atoms with Crippen molar-refractivity contribution in [3.8, 4) is 11.4 Å². The summed E-state index contributed by atoms with van der Waals surface area (Å²) in [6.45, 7) is 4.03. The van der Waals surface area contributed by atoms with Crippen LogP contribution in [0.15, 0.2) is 30.5 Å². The summed E-state index contributed by atoms with van der Waals surface area (Å²) >= 11 is 0. The Morgan fingerprint density at radius 1 is 1.42 bits per heavy atom. The standard InChI is InChI=1S/C19H25N3O4/c1-3-14-6-4-5-7-16(14)22-12-17(23)18(20-22)19(24)21-9-11-26-13-15(21)8-10-25-2/h4-7,12,15,23H,3,8-11,13H2,1-2H3. The van der Waals surface area contributed by atoms with Crippen molar-refractivity contribution in [3.63, 3.8) is 0 Å². The molecule has 1 amide bonds. The highest BCUT2D eigenvalue weighted by atomic mass is 16.5. The number of carbonyl (C=O) groups is 1. The smallest absolute Gasteiger partial charge is 0.278 e. The third-order valence-electron chi connectivity index (χ3n) is 4.66. The molecule has 1 N–H and O–H groups in total. The predicted octanol–water partition coefficient (Wildman–Crippen LogP) is 2.02. The van der Waals surface area contributed by atoms with Crippen molar-refractivity contribution < 1.29 is 19.4 Å². The number of carbonyl (C=O) groups excluding carboxylic acids is 1. The van der Waals surface area contributed by atoms with Crippen LogP contribution in [0, 0.1) is 0 Å². The fourth-order valence-electron chi connectivity index (χ4n) is 3.23. The molecule has 2 aromatic rings. The van der Waals surface area contributed by atoms with Crippen molar-refractivity contribution in [2.45, 2.75) is 25.8 Å². The first kappa shape index (κ1) is 18.4. The summed E-state index contributed by atoms with van der Waals surface area (Å²) in [6.07, 6.45) is 3.01. The molecule has 1 atom stereocenters. The molecule has 1 aromatic carbocycles. The summed E-state index contributed by atoms with van der Waals surface area (Å²) in [5, 5.41) is 14.7. The van der Waals surface area contributed by atoms with Crippen LogP contribution in [-0.4, -0.2) is 65.2 Å². The molecule has 2 heterocycles. The summed E-state index contributed by atoms with van der Waals surface area (Å²) in [6, 6.07) is 7.74. The molecule has 0 bridgehead atoms. The van der Waals surface area contributed by atoms with E-state index in [9.17, 15) is 9.90 Å². The average Bonchev–Trinajstić information content (AvgIpc) is 3.07. The number of amides is 1. The lowest BCUT2D eigenvalue weighted by Gasteiger charge is -2.35. The second-order valence-electron chi connectivity index (χ2n) is 6.30. The summed E-state index contributed by atoms with van der Waals surface area (Å²) in [5.41, 5.74) is 2.03. The van der Waals surface area contributed by atoms with Gasteiger partial charge in [-0.3, -0.25) is 4.79 Å². The number of morpholine rings is 1. The molecule has 1 aliphatic heterocycles. The van der Waals surface area contributed by atoms with E-state index in [1.165, 1.54) is 6.20 Å². The molecule has 3 rings (SSSR count). The van der Waals surface area contributed by atoms with E-state index in [4.69, 9.17) is 9.47 Å². The Kier molecular flexibility index (Phi) is 5.90. The van der Waals surface area contributed by atoms with Gasteiger partial charge in [-0.15, -0.1) is 0 Å². The van der Waals surface area contributed by atoms with Gasteiger partial charge in [-0.2, -0.15) is 5.10 Å². The molecule has 140 valence electrons. The van der Waals surface area contributed by atoms with Gasteiger partial charge in [0.05, 0.1) is 31.1 Å². The number of aryl methyl sites for hydroxylation is 1. The zero-order valence-electron chi connectivity index (χ0n) is 15.2. The Balaban J connectivity index is 1.87. The molecule has 1 unspecified atom stereocenters. The topological polar surface area (TPSA) is 76.8 Å². The van der Waals surface area contributed by atoms with E-state index < -0.39 is 0 Å². The van der Waals surface area contributed by atoms with Crippen molar-refractivity contribution in [2.24, 2.45) is 0 Å². The normalized spacial score (nSPS) is 17.5. The van der Waals surface area contributed by atoms with Crippen LogP contribution in [0.3, 0.4) is 0 Å². The summed E-state index contributed by atoms with van der Waals surface area (Å²) < 4.78 is 12.2. The Bertz CT molecular complexity index is 759. The first-order chi connectivity index (χ1) is 12.7. The van der Waals surface area contributed by atoms with E-state index in [1.54, 1.807) is 16.7 Å². The number of aromatic nitrogens is 2. The largest absolute Gasteiger partial charge is 0.504 e. The lowest BCUT2D eigenvalue weighted by atomic mass is 10.1. The highest BCUT2D eigenvalue weighted by Crippen LogP contribution is 2.24. The van der Waals surface area contributed by atoms with Gasteiger partial charge in [0.1, 0.15) is 0 Å². The second-order valence-corrected chi connectivity index (χ2v) is 6.30. The number of ether oxygens (including phenoxy) is 2. The number of aromatic hydroxyl groups is 1. The number of para-hydroxylation sites is 1. The minimum absolute atomic E-state index is 0.0697. The number of nitrogens with zero attached hydrogens (tertiary/aromatic N) is 3. The van der Waals surface area contributed by atoms with Gasteiger partial charge in [-0.1, -0.05) is 25.1 Å². The molecule has 1 saturated heterocycles. The van der Waals surface area contributed by atoms with E-state index in [0.717, 1.165) is 17.7 Å². The molecule has 7 nitrogen and oxygen atoms in total. The zero-order valence-corrected chi connectivity index (χ0v) is 15.2. The number of methoxy groups -OCH3 is 1. The van der Waals surface area contributed by atoms with Gasteiger partial charge in [-0.05, 0) is 24.5 Å². The SMILES string of the molecule is CCc1ccccc1-n1cc(O)c(C(=O)N2CCOCC2CCOC)n1. The lowest BCUT2D eigenvalue weighted by Crippen LogP contribution is -2.49. The number of hydrogen-bond acceptors (Lipinski definition) is 5. The predicted molar refractivity (Wildman–Crippen MR) is 96.7 cm³/mol. The van der Waals surface area contributed by atoms with Crippen molar-refractivity contribution in [1.82, 2.24) is 14.7 Å². The molecular weight excluding hydrogens is 334 g/mol. The van der Waals surface area contributed by atoms with Gasteiger partial charge < -0.3 is 19.5 Å². The minimum atomic E-state index is -0.278. The lowest BCUT2D eigenvalue weighted by molar-refractivity contribution is -0.0108. The first-order valence-corrected chi connectivity index (χ1v) is 8.90. The molecule has 0 saturated carbocycles. The Hall–Kier alpha value is -2.38. The summed E-state index contributed by atoms with van der Waals surface area (Å²) in [7, 11) is 1.63. The van der Waals surface area contributed by atoms with Gasteiger partial charge in [0, 0.05) is 20.3 Å². The molecule has 0 spiro atoms. The molecule has 0 radical (unpaired) electrons. The monoisotopic (exact) mass is 359 g/mol. The fraction of sp³-hybridized carbons (Fsp3) is 0.474. The van der Waals surface area contributed by atoms with E-state index in [-0.39, 0.29) is 23.4 Å². The third-order valence-corrected chi connectivity index (χ3v) is 4.66. The number of rotatable bonds is 6. The van der Waals surface area contributed by atoms with Crippen LogP contribution in [-0.2, 0) is 15.9 Å². The van der Waals surface area contributed by atoms with Crippen molar-refractivity contribution in [2.75, 3.05) is 33.5 Å². The zero-order chi connectivity index (χ0) is 18.5.